The minimum absolute atomic E-state index is 0.00716. The molecule has 4 heterocycles. The zero-order valence-corrected chi connectivity index (χ0v) is 17.0. The van der Waals surface area contributed by atoms with Crippen LogP contribution in [0.15, 0.2) is 87.3 Å². The van der Waals surface area contributed by atoms with Gasteiger partial charge in [0.1, 0.15) is 5.69 Å². The van der Waals surface area contributed by atoms with E-state index in [9.17, 15) is 5.11 Å². The number of hydrogen-bond donors (Lipinski definition) is 2. The first-order valence-electron chi connectivity index (χ1n) is 9.72. The summed E-state index contributed by atoms with van der Waals surface area (Å²) in [5, 5.41) is 23.1. The Labute approximate surface area is 180 Å². The van der Waals surface area contributed by atoms with Gasteiger partial charge in [-0.25, -0.2) is 9.98 Å². The Morgan fingerprint density at radius 1 is 0.968 bits per heavy atom. The van der Waals surface area contributed by atoms with E-state index in [1.165, 1.54) is 0 Å². The van der Waals surface area contributed by atoms with E-state index in [2.05, 4.69) is 21.3 Å². The second-order valence-corrected chi connectivity index (χ2v) is 8.06. The van der Waals surface area contributed by atoms with Crippen LogP contribution in [0, 0.1) is 0 Å². The molecule has 0 fully saturated rings. The third kappa shape index (κ3) is 2.94. The van der Waals surface area contributed by atoms with Gasteiger partial charge in [0.15, 0.2) is 5.69 Å². The number of nitrogens with one attached hydrogen (secondary N) is 1. The predicted octanol–water partition coefficient (Wildman–Crippen LogP) is 5.45. The Hall–Kier alpha value is -4.10. The van der Waals surface area contributed by atoms with Crippen molar-refractivity contribution in [1.29, 1.82) is 0 Å². The maximum atomic E-state index is 10.2. The second-order valence-electron chi connectivity index (χ2n) is 7.11. The van der Waals surface area contributed by atoms with Crippen molar-refractivity contribution in [2.75, 3.05) is 0 Å². The van der Waals surface area contributed by atoms with Crippen molar-refractivity contribution in [1.82, 2.24) is 9.97 Å². The molecule has 0 saturated heterocycles. The van der Waals surface area contributed by atoms with Crippen LogP contribution in [0.1, 0.15) is 0 Å². The maximum Gasteiger partial charge on any atom is 0.218 e. The summed E-state index contributed by atoms with van der Waals surface area (Å²) in [6.07, 6.45) is 1.61. The Morgan fingerprint density at radius 3 is 2.74 bits per heavy atom. The Kier molecular flexibility index (Phi) is 4.00. The first kappa shape index (κ1) is 17.7. The van der Waals surface area contributed by atoms with E-state index in [4.69, 9.17) is 9.98 Å². The highest BCUT2D eigenvalue weighted by Crippen LogP contribution is 2.35. The SMILES string of the molecule is Oc1[nH]c2ccccc2c1N=N/C=c1/cc2c(c(-c3cccs3)n1)=Nc1ccccc1-2. The summed E-state index contributed by atoms with van der Waals surface area (Å²) in [7, 11) is 0. The standard InChI is InChI=1S/C24H15N5OS/c30-24-22(16-7-2-4-9-19(16)28-24)29-25-13-14-12-17-15-6-1-3-8-18(15)27-21(17)23(26-14)20-10-5-11-31-20/h1-13,28,30H/b14-13-,29-25?. The van der Waals surface area contributed by atoms with Crippen LogP contribution < -0.4 is 10.7 Å². The average Bonchev–Trinajstić information content (AvgIpc) is 3.51. The molecule has 2 aromatic carbocycles. The maximum absolute atomic E-state index is 10.2. The van der Waals surface area contributed by atoms with Gasteiger partial charge in [0.25, 0.3) is 0 Å². The molecule has 0 aliphatic carbocycles. The number of benzene rings is 2. The third-order valence-corrected chi connectivity index (χ3v) is 6.08. The molecule has 5 aromatic rings. The summed E-state index contributed by atoms with van der Waals surface area (Å²) in [5.41, 5.74) is 5.11. The number of pyridine rings is 1. The van der Waals surface area contributed by atoms with Crippen LogP contribution in [-0.2, 0) is 0 Å². The van der Waals surface area contributed by atoms with Gasteiger partial charge in [-0.15, -0.1) is 16.5 Å². The summed E-state index contributed by atoms with van der Waals surface area (Å²) in [6, 6.07) is 21.7. The average molecular weight is 421 g/mol. The molecule has 0 saturated carbocycles. The Bertz CT molecular complexity index is 1600. The van der Waals surface area contributed by atoms with E-state index in [-0.39, 0.29) is 5.88 Å². The van der Waals surface area contributed by atoms with Crippen LogP contribution >= 0.6 is 11.3 Å². The molecule has 0 atom stereocenters. The van der Waals surface area contributed by atoms with Crippen molar-refractivity contribution in [2.24, 2.45) is 15.2 Å². The van der Waals surface area contributed by atoms with Gasteiger partial charge < -0.3 is 10.1 Å². The Morgan fingerprint density at radius 2 is 1.84 bits per heavy atom. The minimum atomic E-state index is -0.00716. The lowest BCUT2D eigenvalue weighted by atomic mass is 10.1. The molecule has 148 valence electrons. The van der Waals surface area contributed by atoms with Gasteiger partial charge in [-0.1, -0.05) is 42.5 Å². The minimum Gasteiger partial charge on any atom is -0.493 e. The molecular formula is C24H15N5OS. The molecule has 2 N–H and O–H groups in total. The van der Waals surface area contributed by atoms with E-state index in [1.807, 2.05) is 66.0 Å². The highest BCUT2D eigenvalue weighted by Gasteiger charge is 2.18. The predicted molar refractivity (Wildman–Crippen MR) is 122 cm³/mol. The zero-order chi connectivity index (χ0) is 20.8. The molecule has 7 heteroatoms. The van der Waals surface area contributed by atoms with Crippen LogP contribution in [0.3, 0.4) is 0 Å². The number of nitrogens with zero attached hydrogens (tertiary/aromatic N) is 4. The molecule has 0 amide bonds. The Balaban J connectivity index is 1.50. The van der Waals surface area contributed by atoms with E-state index >= 15 is 0 Å². The summed E-state index contributed by atoms with van der Waals surface area (Å²) in [6.45, 7) is 0. The van der Waals surface area contributed by atoms with Crippen LogP contribution in [0.5, 0.6) is 5.88 Å². The molecule has 1 aliphatic heterocycles. The summed E-state index contributed by atoms with van der Waals surface area (Å²) < 4.78 is 0. The molecular weight excluding hydrogens is 406 g/mol. The molecule has 6 nitrogen and oxygen atoms in total. The van der Waals surface area contributed by atoms with Gasteiger partial charge in [-0.2, -0.15) is 5.11 Å². The smallest absolute Gasteiger partial charge is 0.218 e. The first-order chi connectivity index (χ1) is 15.3. The molecule has 0 spiro atoms. The lowest BCUT2D eigenvalue weighted by Crippen LogP contribution is -2.18. The third-order valence-electron chi connectivity index (χ3n) is 5.20. The normalized spacial score (nSPS) is 13.0. The van der Waals surface area contributed by atoms with Crippen LogP contribution in [0.25, 0.3) is 38.8 Å². The lowest BCUT2D eigenvalue weighted by Gasteiger charge is -2.01. The molecule has 1 aliphatic rings. The number of para-hydroxylation sites is 2. The fourth-order valence-corrected chi connectivity index (χ4v) is 4.52. The largest absolute Gasteiger partial charge is 0.493 e. The summed E-state index contributed by atoms with van der Waals surface area (Å²) in [4.78, 5) is 13.6. The molecule has 3 aromatic heterocycles. The van der Waals surface area contributed by atoms with Crippen molar-refractivity contribution in [3.63, 3.8) is 0 Å². The van der Waals surface area contributed by atoms with Crippen LogP contribution in [-0.4, -0.2) is 15.1 Å². The number of aromatic hydroxyl groups is 1. The number of fused-ring (bicyclic) bond motifs is 4. The van der Waals surface area contributed by atoms with Gasteiger partial charge in [0.05, 0.1) is 33.0 Å². The molecule has 6 rings (SSSR count). The summed E-state index contributed by atoms with van der Waals surface area (Å²) in [5.74, 6) is -0.00716. The van der Waals surface area contributed by atoms with E-state index in [0.717, 1.165) is 43.6 Å². The number of rotatable bonds is 3. The quantitative estimate of drug-likeness (QED) is 0.372. The number of thiophene rings is 1. The number of H-pyrrole nitrogens is 1. The van der Waals surface area contributed by atoms with Crippen LogP contribution in [0.2, 0.25) is 0 Å². The molecule has 31 heavy (non-hydrogen) atoms. The number of azo groups is 1. The van der Waals surface area contributed by atoms with Gasteiger partial charge in [0, 0.05) is 16.5 Å². The van der Waals surface area contributed by atoms with Crippen molar-refractivity contribution < 1.29 is 5.11 Å². The van der Waals surface area contributed by atoms with Crippen molar-refractivity contribution in [2.45, 2.75) is 0 Å². The fourth-order valence-electron chi connectivity index (χ4n) is 3.81. The van der Waals surface area contributed by atoms with Crippen molar-refractivity contribution in [3.8, 4) is 27.6 Å². The molecule has 0 bridgehead atoms. The number of hydrogen-bond acceptors (Lipinski definition) is 6. The molecule has 0 unspecified atom stereocenters. The van der Waals surface area contributed by atoms with Crippen molar-refractivity contribution in [3.05, 3.63) is 82.8 Å². The van der Waals surface area contributed by atoms with E-state index in [1.54, 1.807) is 17.5 Å². The highest BCUT2D eigenvalue weighted by molar-refractivity contribution is 7.13. The zero-order valence-electron chi connectivity index (χ0n) is 16.1. The van der Waals surface area contributed by atoms with Gasteiger partial charge in [-0.3, -0.25) is 0 Å². The second kappa shape index (κ2) is 7.00. The van der Waals surface area contributed by atoms with Crippen LogP contribution in [0.4, 0.5) is 11.4 Å². The van der Waals surface area contributed by atoms with E-state index in [0.29, 0.717) is 11.0 Å². The lowest BCUT2D eigenvalue weighted by molar-refractivity contribution is 0.459. The number of aromatic amines is 1. The van der Waals surface area contributed by atoms with Crippen molar-refractivity contribution >= 4 is 39.8 Å². The monoisotopic (exact) mass is 421 g/mol. The fraction of sp³-hybridized carbons (Fsp3) is 0. The summed E-state index contributed by atoms with van der Waals surface area (Å²) >= 11 is 1.63. The highest BCUT2D eigenvalue weighted by atomic mass is 32.1. The van der Waals surface area contributed by atoms with Gasteiger partial charge in [-0.05, 0) is 29.6 Å². The van der Waals surface area contributed by atoms with Gasteiger partial charge in [0.2, 0.25) is 5.88 Å². The molecule has 0 radical (unpaired) electrons. The first-order valence-corrected chi connectivity index (χ1v) is 10.6. The van der Waals surface area contributed by atoms with Gasteiger partial charge >= 0.3 is 0 Å². The topological polar surface area (TPSA) is 86.0 Å². The number of aromatic nitrogens is 2. The van der Waals surface area contributed by atoms with E-state index < -0.39 is 0 Å².